The Morgan fingerprint density at radius 1 is 1.32 bits per heavy atom. The largest absolute Gasteiger partial charge is 0.495 e. The number of methoxy groups -OCH3 is 1. The number of carbonyl (C=O) groups excluding carboxylic acids is 1. The number of aliphatic hydroxyl groups is 1. The van der Waals surface area contributed by atoms with Crippen molar-refractivity contribution in [3.05, 3.63) is 59.4 Å². The second-order valence-corrected chi connectivity index (χ2v) is 5.99. The Morgan fingerprint density at radius 3 is 2.76 bits per heavy atom. The van der Waals surface area contributed by atoms with Gasteiger partial charge >= 0.3 is 0 Å². The Bertz CT molecular complexity index is 767. The van der Waals surface area contributed by atoms with Crippen LogP contribution in [0.5, 0.6) is 5.75 Å². The smallest absolute Gasteiger partial charge is 0.229 e. The third-order valence-electron chi connectivity index (χ3n) is 4.29. The number of carbonyl (C=O) groups is 1. The lowest BCUT2D eigenvalue weighted by atomic mass is 10.0. The fourth-order valence-corrected chi connectivity index (χ4v) is 3.02. The molecule has 0 saturated carbocycles. The number of rotatable bonds is 4. The highest BCUT2D eigenvalue weighted by Crippen LogP contribution is 2.33. The molecule has 7 heteroatoms. The van der Waals surface area contributed by atoms with E-state index in [9.17, 15) is 18.7 Å². The van der Waals surface area contributed by atoms with Gasteiger partial charge in [0.25, 0.3) is 0 Å². The highest BCUT2D eigenvalue weighted by atomic mass is 19.2. The summed E-state index contributed by atoms with van der Waals surface area (Å²) in [6, 6.07) is 6.45. The fraction of sp³-hybridized carbons (Fsp3) is 0.333. The van der Waals surface area contributed by atoms with Gasteiger partial charge in [0, 0.05) is 12.2 Å². The molecule has 1 N–H and O–H groups in total. The molecule has 0 bridgehead atoms. The predicted molar refractivity (Wildman–Crippen MR) is 85.9 cm³/mol. The highest BCUT2D eigenvalue weighted by Gasteiger charge is 2.35. The molecule has 3 rings (SSSR count). The molecule has 5 nitrogen and oxygen atoms in total. The summed E-state index contributed by atoms with van der Waals surface area (Å²) < 4.78 is 31.7. The molecular formula is C18H18F2N2O3. The van der Waals surface area contributed by atoms with Crippen LogP contribution in [0.2, 0.25) is 0 Å². The highest BCUT2D eigenvalue weighted by molar-refractivity contribution is 5.79. The molecule has 0 spiro atoms. The third kappa shape index (κ3) is 3.76. The zero-order valence-electron chi connectivity index (χ0n) is 13.7. The summed E-state index contributed by atoms with van der Waals surface area (Å²) in [5.74, 6) is -1.55. The minimum atomic E-state index is -0.969. The van der Waals surface area contributed by atoms with E-state index in [1.165, 1.54) is 24.3 Å². The number of aliphatic hydroxyl groups excluding tert-OH is 1. The standard InChI is InChI=1S/C18H18F2N2O3/c1-25-14-4-3-12(21-9-14)7-18(24)22-10-13(23)8-17(22)11-2-5-15(19)16(20)6-11/h2-6,9,13,17,23H,7-8,10H2,1H3/t13-,17-/m1/s1. The summed E-state index contributed by atoms with van der Waals surface area (Å²) in [6.07, 6.45) is 1.16. The van der Waals surface area contributed by atoms with Crippen LogP contribution in [0.3, 0.4) is 0 Å². The van der Waals surface area contributed by atoms with Gasteiger partial charge in [0.15, 0.2) is 11.6 Å². The van der Waals surface area contributed by atoms with Crippen molar-refractivity contribution in [2.45, 2.75) is 25.0 Å². The van der Waals surface area contributed by atoms with Gasteiger partial charge in [0.2, 0.25) is 5.91 Å². The molecule has 2 aromatic rings. The van der Waals surface area contributed by atoms with Crippen LogP contribution in [-0.4, -0.2) is 40.7 Å². The van der Waals surface area contributed by atoms with Gasteiger partial charge in [-0.2, -0.15) is 0 Å². The maximum atomic E-state index is 13.5. The van der Waals surface area contributed by atoms with E-state index in [-0.39, 0.29) is 25.3 Å². The Kier molecular flexibility index (Phi) is 4.94. The van der Waals surface area contributed by atoms with Gasteiger partial charge in [-0.15, -0.1) is 0 Å². The number of halogens is 2. The van der Waals surface area contributed by atoms with E-state index in [2.05, 4.69) is 4.98 Å². The van der Waals surface area contributed by atoms with Crippen LogP contribution < -0.4 is 4.74 Å². The maximum absolute atomic E-state index is 13.5. The number of ether oxygens (including phenoxy) is 1. The molecule has 0 unspecified atom stereocenters. The van der Waals surface area contributed by atoms with Gasteiger partial charge in [0.05, 0.1) is 31.9 Å². The number of amides is 1. The first-order chi connectivity index (χ1) is 12.0. The maximum Gasteiger partial charge on any atom is 0.229 e. The Morgan fingerprint density at radius 2 is 2.12 bits per heavy atom. The minimum Gasteiger partial charge on any atom is -0.495 e. The molecule has 0 radical (unpaired) electrons. The van der Waals surface area contributed by atoms with E-state index in [1.54, 1.807) is 12.1 Å². The van der Waals surface area contributed by atoms with Crippen molar-refractivity contribution in [2.75, 3.05) is 13.7 Å². The lowest BCUT2D eigenvalue weighted by Gasteiger charge is -2.25. The van der Waals surface area contributed by atoms with Crippen LogP contribution in [0.4, 0.5) is 8.78 Å². The first-order valence-electron chi connectivity index (χ1n) is 7.89. The number of hydrogen-bond donors (Lipinski definition) is 1. The molecule has 1 fully saturated rings. The van der Waals surface area contributed by atoms with Gasteiger partial charge in [-0.1, -0.05) is 6.07 Å². The second-order valence-electron chi connectivity index (χ2n) is 5.99. The topological polar surface area (TPSA) is 62.7 Å². The molecule has 25 heavy (non-hydrogen) atoms. The average molecular weight is 348 g/mol. The van der Waals surface area contributed by atoms with Crippen molar-refractivity contribution in [1.29, 1.82) is 0 Å². The second kappa shape index (κ2) is 7.14. The van der Waals surface area contributed by atoms with Crippen molar-refractivity contribution < 1.29 is 23.4 Å². The lowest BCUT2D eigenvalue weighted by molar-refractivity contribution is -0.131. The summed E-state index contributed by atoms with van der Waals surface area (Å²) in [7, 11) is 1.53. The van der Waals surface area contributed by atoms with E-state index in [0.717, 1.165) is 12.1 Å². The summed E-state index contributed by atoms with van der Waals surface area (Å²) in [6.45, 7) is 0.151. The molecule has 1 saturated heterocycles. The molecular weight excluding hydrogens is 330 g/mol. The van der Waals surface area contributed by atoms with Crippen molar-refractivity contribution in [2.24, 2.45) is 0 Å². The van der Waals surface area contributed by atoms with Crippen LogP contribution in [0.25, 0.3) is 0 Å². The molecule has 2 atom stereocenters. The van der Waals surface area contributed by atoms with E-state index in [0.29, 0.717) is 17.0 Å². The zero-order chi connectivity index (χ0) is 18.0. The first-order valence-corrected chi connectivity index (χ1v) is 7.89. The lowest BCUT2D eigenvalue weighted by Crippen LogP contribution is -2.33. The van der Waals surface area contributed by atoms with Crippen molar-refractivity contribution >= 4 is 5.91 Å². The van der Waals surface area contributed by atoms with Gasteiger partial charge in [-0.25, -0.2) is 8.78 Å². The Balaban J connectivity index is 1.78. The van der Waals surface area contributed by atoms with E-state index in [1.807, 2.05) is 0 Å². The number of aromatic nitrogens is 1. The summed E-state index contributed by atoms with van der Waals surface area (Å²) >= 11 is 0. The average Bonchev–Trinajstić information content (AvgIpc) is 3.00. The van der Waals surface area contributed by atoms with Gasteiger partial charge < -0.3 is 14.7 Å². The quantitative estimate of drug-likeness (QED) is 0.921. The minimum absolute atomic E-state index is 0.0525. The van der Waals surface area contributed by atoms with Crippen molar-refractivity contribution in [3.63, 3.8) is 0 Å². The zero-order valence-corrected chi connectivity index (χ0v) is 13.7. The van der Waals surface area contributed by atoms with E-state index < -0.39 is 23.8 Å². The van der Waals surface area contributed by atoms with Gasteiger partial charge in [-0.05, 0) is 36.2 Å². The van der Waals surface area contributed by atoms with Crippen LogP contribution in [0.15, 0.2) is 36.5 Å². The van der Waals surface area contributed by atoms with E-state index >= 15 is 0 Å². The number of pyridine rings is 1. The summed E-state index contributed by atoms with van der Waals surface area (Å²) in [5, 5.41) is 9.94. The number of benzene rings is 1. The van der Waals surface area contributed by atoms with Crippen LogP contribution in [0.1, 0.15) is 23.7 Å². The molecule has 2 heterocycles. The van der Waals surface area contributed by atoms with Gasteiger partial charge in [-0.3, -0.25) is 9.78 Å². The SMILES string of the molecule is COc1ccc(CC(=O)N2C[C@H](O)C[C@@H]2c2ccc(F)c(F)c2)nc1. The Hall–Kier alpha value is -2.54. The molecule has 1 amide bonds. The van der Waals surface area contributed by atoms with Crippen molar-refractivity contribution in [1.82, 2.24) is 9.88 Å². The van der Waals surface area contributed by atoms with Crippen molar-refractivity contribution in [3.8, 4) is 5.75 Å². The molecule has 132 valence electrons. The predicted octanol–water partition coefficient (Wildman–Crippen LogP) is 2.25. The Labute approximate surface area is 143 Å². The molecule has 1 aliphatic heterocycles. The van der Waals surface area contributed by atoms with Crippen LogP contribution in [0, 0.1) is 11.6 Å². The number of likely N-dealkylation sites (tertiary alicyclic amines) is 1. The first kappa shape index (κ1) is 17.3. The number of nitrogens with zero attached hydrogens (tertiary/aromatic N) is 2. The summed E-state index contributed by atoms with van der Waals surface area (Å²) in [4.78, 5) is 18.3. The number of hydrogen-bond acceptors (Lipinski definition) is 4. The molecule has 1 aromatic carbocycles. The third-order valence-corrected chi connectivity index (χ3v) is 4.29. The molecule has 0 aliphatic carbocycles. The fourth-order valence-electron chi connectivity index (χ4n) is 3.02. The number of β-amino-alcohol motifs (C(OH)–C–C–N with tert-alkyl or cyclic N) is 1. The summed E-state index contributed by atoms with van der Waals surface area (Å²) in [5.41, 5.74) is 1.03. The normalized spacial score (nSPS) is 19.9. The van der Waals surface area contributed by atoms with Crippen LogP contribution >= 0.6 is 0 Å². The molecule has 1 aliphatic rings. The molecule has 1 aromatic heterocycles. The van der Waals surface area contributed by atoms with E-state index in [4.69, 9.17) is 4.74 Å². The van der Waals surface area contributed by atoms with Crippen LogP contribution in [-0.2, 0) is 11.2 Å². The van der Waals surface area contributed by atoms with Gasteiger partial charge in [0.1, 0.15) is 5.75 Å². The monoisotopic (exact) mass is 348 g/mol.